The van der Waals surface area contributed by atoms with Crippen molar-refractivity contribution < 1.29 is 13.9 Å². The SMILES string of the molecule is CNC(=O)C1(COC)CCCN1Cc1ccco1. The Bertz CT molecular complexity index is 391. The third-order valence-electron chi connectivity index (χ3n) is 3.58. The number of likely N-dealkylation sites (tertiary alicyclic amines) is 1. The second kappa shape index (κ2) is 5.54. The lowest BCUT2D eigenvalue weighted by Gasteiger charge is -2.35. The molecule has 5 nitrogen and oxygen atoms in total. The number of amides is 1. The number of carbonyl (C=O) groups excluding carboxylic acids is 1. The fourth-order valence-electron chi connectivity index (χ4n) is 2.71. The van der Waals surface area contributed by atoms with Crippen LogP contribution in [0.4, 0.5) is 0 Å². The second-order valence-corrected chi connectivity index (χ2v) is 4.65. The first kappa shape index (κ1) is 13.1. The van der Waals surface area contributed by atoms with Gasteiger partial charge >= 0.3 is 0 Å². The molecule has 2 rings (SSSR count). The van der Waals surface area contributed by atoms with Crippen LogP contribution in [0.1, 0.15) is 18.6 Å². The van der Waals surface area contributed by atoms with E-state index in [0.717, 1.165) is 25.1 Å². The van der Waals surface area contributed by atoms with Gasteiger partial charge in [-0.15, -0.1) is 0 Å². The third-order valence-corrected chi connectivity index (χ3v) is 3.58. The van der Waals surface area contributed by atoms with Crippen molar-refractivity contribution >= 4 is 5.91 Å². The van der Waals surface area contributed by atoms with Gasteiger partial charge in [-0.2, -0.15) is 0 Å². The molecular formula is C13H20N2O3. The van der Waals surface area contributed by atoms with Crippen LogP contribution >= 0.6 is 0 Å². The molecule has 1 saturated heterocycles. The van der Waals surface area contributed by atoms with E-state index in [2.05, 4.69) is 10.2 Å². The molecule has 0 spiro atoms. The molecule has 1 fully saturated rings. The van der Waals surface area contributed by atoms with Crippen molar-refractivity contribution in [2.24, 2.45) is 0 Å². The summed E-state index contributed by atoms with van der Waals surface area (Å²) in [6.45, 7) is 1.94. The first-order valence-electron chi connectivity index (χ1n) is 6.21. The van der Waals surface area contributed by atoms with E-state index in [1.807, 2.05) is 12.1 Å². The molecule has 2 heterocycles. The first-order chi connectivity index (χ1) is 8.73. The predicted octanol–water partition coefficient (Wildman–Crippen LogP) is 1.01. The molecule has 0 radical (unpaired) electrons. The molecule has 1 N–H and O–H groups in total. The summed E-state index contributed by atoms with van der Waals surface area (Å²) in [6, 6.07) is 3.79. The molecule has 1 atom stereocenters. The summed E-state index contributed by atoms with van der Waals surface area (Å²) in [4.78, 5) is 14.3. The maximum absolute atomic E-state index is 12.2. The molecule has 5 heteroatoms. The van der Waals surface area contributed by atoms with E-state index in [1.165, 1.54) is 0 Å². The summed E-state index contributed by atoms with van der Waals surface area (Å²) in [5.74, 6) is 0.898. The standard InChI is InChI=1S/C13H20N2O3/c1-14-12(16)13(10-17-2)6-4-7-15(13)9-11-5-3-8-18-11/h3,5,8H,4,6-7,9-10H2,1-2H3,(H,14,16). The van der Waals surface area contributed by atoms with Gasteiger partial charge in [0.15, 0.2) is 0 Å². The van der Waals surface area contributed by atoms with Crippen LogP contribution in [0, 0.1) is 0 Å². The number of furan rings is 1. The van der Waals surface area contributed by atoms with Crippen LogP contribution in [-0.4, -0.2) is 43.7 Å². The zero-order valence-corrected chi connectivity index (χ0v) is 10.9. The number of hydrogen-bond acceptors (Lipinski definition) is 4. The topological polar surface area (TPSA) is 54.7 Å². The highest BCUT2D eigenvalue weighted by atomic mass is 16.5. The van der Waals surface area contributed by atoms with E-state index in [1.54, 1.807) is 20.4 Å². The van der Waals surface area contributed by atoms with Gasteiger partial charge in [0.25, 0.3) is 0 Å². The van der Waals surface area contributed by atoms with E-state index in [4.69, 9.17) is 9.15 Å². The lowest BCUT2D eigenvalue weighted by atomic mass is 9.95. The molecule has 1 amide bonds. The first-order valence-corrected chi connectivity index (χ1v) is 6.21. The van der Waals surface area contributed by atoms with Crippen LogP contribution in [-0.2, 0) is 16.1 Å². The van der Waals surface area contributed by atoms with Crippen LogP contribution in [0.5, 0.6) is 0 Å². The Morgan fingerprint density at radius 2 is 2.50 bits per heavy atom. The monoisotopic (exact) mass is 252 g/mol. The predicted molar refractivity (Wildman–Crippen MR) is 67.0 cm³/mol. The van der Waals surface area contributed by atoms with Crippen LogP contribution in [0.2, 0.25) is 0 Å². The average Bonchev–Trinajstić information content (AvgIpc) is 3.01. The lowest BCUT2D eigenvalue weighted by Crippen LogP contribution is -2.57. The van der Waals surface area contributed by atoms with E-state index < -0.39 is 5.54 Å². The summed E-state index contributed by atoms with van der Waals surface area (Å²) in [5.41, 5.74) is -0.559. The number of hydrogen-bond donors (Lipinski definition) is 1. The summed E-state index contributed by atoms with van der Waals surface area (Å²) in [7, 11) is 3.30. The second-order valence-electron chi connectivity index (χ2n) is 4.65. The number of carbonyl (C=O) groups is 1. The maximum Gasteiger partial charge on any atom is 0.242 e. The van der Waals surface area contributed by atoms with Gasteiger partial charge in [-0.3, -0.25) is 9.69 Å². The largest absolute Gasteiger partial charge is 0.468 e. The quantitative estimate of drug-likeness (QED) is 0.849. The van der Waals surface area contributed by atoms with Gasteiger partial charge in [0, 0.05) is 14.2 Å². The van der Waals surface area contributed by atoms with Crippen LogP contribution in [0.3, 0.4) is 0 Å². The molecule has 0 aromatic carbocycles. The normalized spacial score (nSPS) is 24.3. The highest BCUT2D eigenvalue weighted by molar-refractivity contribution is 5.86. The van der Waals surface area contributed by atoms with Gasteiger partial charge in [0.2, 0.25) is 5.91 Å². The molecule has 1 aromatic heterocycles. The summed E-state index contributed by atoms with van der Waals surface area (Å²) in [5, 5.41) is 2.75. The summed E-state index contributed by atoms with van der Waals surface area (Å²) < 4.78 is 10.6. The Hall–Kier alpha value is -1.33. The minimum absolute atomic E-state index is 0.0217. The average molecular weight is 252 g/mol. The van der Waals surface area contributed by atoms with E-state index in [9.17, 15) is 4.79 Å². The fourth-order valence-corrected chi connectivity index (χ4v) is 2.71. The van der Waals surface area contributed by atoms with E-state index in [-0.39, 0.29) is 5.91 Å². The minimum Gasteiger partial charge on any atom is -0.468 e. The van der Waals surface area contributed by atoms with Crippen molar-refractivity contribution in [3.05, 3.63) is 24.2 Å². The van der Waals surface area contributed by atoms with Gasteiger partial charge in [0.05, 0.1) is 19.4 Å². The Balaban J connectivity index is 2.18. The summed E-state index contributed by atoms with van der Waals surface area (Å²) in [6.07, 6.45) is 3.47. The van der Waals surface area contributed by atoms with Crippen molar-refractivity contribution in [1.29, 1.82) is 0 Å². The number of likely N-dealkylation sites (N-methyl/N-ethyl adjacent to an activating group) is 1. The minimum atomic E-state index is -0.559. The molecule has 100 valence electrons. The van der Waals surface area contributed by atoms with Gasteiger partial charge in [-0.1, -0.05) is 0 Å². The maximum atomic E-state index is 12.2. The van der Waals surface area contributed by atoms with Crippen molar-refractivity contribution in [3.8, 4) is 0 Å². The fraction of sp³-hybridized carbons (Fsp3) is 0.615. The smallest absolute Gasteiger partial charge is 0.242 e. The Morgan fingerprint density at radius 3 is 3.11 bits per heavy atom. The van der Waals surface area contributed by atoms with Crippen molar-refractivity contribution in [2.75, 3.05) is 27.3 Å². The van der Waals surface area contributed by atoms with Gasteiger partial charge < -0.3 is 14.5 Å². The van der Waals surface area contributed by atoms with Gasteiger partial charge in [-0.05, 0) is 31.5 Å². The van der Waals surface area contributed by atoms with E-state index >= 15 is 0 Å². The molecule has 0 saturated carbocycles. The number of nitrogens with zero attached hydrogens (tertiary/aromatic N) is 1. The molecule has 1 aliphatic rings. The van der Waals surface area contributed by atoms with E-state index in [0.29, 0.717) is 13.2 Å². The molecular weight excluding hydrogens is 232 g/mol. The molecule has 1 aliphatic heterocycles. The molecule has 1 unspecified atom stereocenters. The highest BCUT2D eigenvalue weighted by Crippen LogP contribution is 2.31. The van der Waals surface area contributed by atoms with Crippen molar-refractivity contribution in [1.82, 2.24) is 10.2 Å². The number of methoxy groups -OCH3 is 1. The molecule has 1 aromatic rings. The van der Waals surface area contributed by atoms with Crippen molar-refractivity contribution in [3.63, 3.8) is 0 Å². The number of ether oxygens (including phenoxy) is 1. The third kappa shape index (κ3) is 2.28. The summed E-state index contributed by atoms with van der Waals surface area (Å²) >= 11 is 0. The zero-order chi connectivity index (χ0) is 13.0. The molecule has 18 heavy (non-hydrogen) atoms. The lowest BCUT2D eigenvalue weighted by molar-refractivity contribution is -0.135. The van der Waals surface area contributed by atoms with Gasteiger partial charge in [-0.25, -0.2) is 0 Å². The molecule has 0 aliphatic carbocycles. The Morgan fingerprint density at radius 1 is 1.67 bits per heavy atom. The van der Waals surface area contributed by atoms with Crippen LogP contribution in [0.15, 0.2) is 22.8 Å². The number of rotatable bonds is 5. The zero-order valence-electron chi connectivity index (χ0n) is 10.9. The Labute approximate surface area is 107 Å². The van der Waals surface area contributed by atoms with Crippen LogP contribution in [0.25, 0.3) is 0 Å². The highest BCUT2D eigenvalue weighted by Gasteiger charge is 2.47. The number of nitrogens with one attached hydrogen (secondary N) is 1. The van der Waals surface area contributed by atoms with Gasteiger partial charge in [0.1, 0.15) is 11.3 Å². The van der Waals surface area contributed by atoms with Crippen LogP contribution < -0.4 is 5.32 Å². The molecule has 0 bridgehead atoms. The Kier molecular flexibility index (Phi) is 4.04. The van der Waals surface area contributed by atoms with Crippen molar-refractivity contribution in [2.45, 2.75) is 24.9 Å².